The maximum Gasteiger partial charge on any atom is 0.695 e. The van der Waals surface area contributed by atoms with E-state index in [0.29, 0.717) is 0 Å². The second-order valence-corrected chi connectivity index (χ2v) is 5.20. The Morgan fingerprint density at radius 2 is 1.63 bits per heavy atom. The average Bonchev–Trinajstić information content (AvgIpc) is 2.39. The first-order valence-electron chi connectivity index (χ1n) is 6.01. The van der Waals surface area contributed by atoms with E-state index in [1.165, 1.54) is 0 Å². The molecule has 2 atom stereocenters. The molecule has 19 heavy (non-hydrogen) atoms. The average molecular weight is 275 g/mol. The minimum absolute atomic E-state index is 0.849. The van der Waals surface area contributed by atoms with E-state index in [4.69, 9.17) is 4.52 Å². The minimum Gasteiger partial charge on any atom is -0.133 e. The third kappa shape index (κ3) is 2.90. The Labute approximate surface area is 113 Å². The third-order valence-electron chi connectivity index (χ3n) is 3.24. The Hall–Kier alpha value is -1.54. The van der Waals surface area contributed by atoms with E-state index in [9.17, 15) is 9.46 Å². The quantitative estimate of drug-likeness (QED) is 0.860. The van der Waals surface area contributed by atoms with Gasteiger partial charge >= 0.3 is 8.25 Å². The van der Waals surface area contributed by atoms with E-state index in [0.717, 1.165) is 16.7 Å². The Balaban J connectivity index is 2.59. The van der Waals surface area contributed by atoms with Crippen LogP contribution in [-0.4, -0.2) is 4.89 Å². The second-order valence-electron chi connectivity index (χ2n) is 4.54. The van der Waals surface area contributed by atoms with Crippen LogP contribution in [0.5, 0.6) is 0 Å². The summed E-state index contributed by atoms with van der Waals surface area (Å²) in [5.41, 5.74) is 1.82. The van der Waals surface area contributed by atoms with Crippen molar-refractivity contribution in [1.82, 2.24) is 0 Å². The third-order valence-corrected chi connectivity index (χ3v) is 3.77. The van der Waals surface area contributed by atoms with Gasteiger partial charge in [0.2, 0.25) is 0 Å². The molecule has 0 heterocycles. The maximum atomic E-state index is 11.2. The molecule has 98 valence electrons. The summed E-state index contributed by atoms with van der Waals surface area (Å²) >= 11 is 0. The van der Waals surface area contributed by atoms with E-state index in [-0.39, 0.29) is 0 Å². The van der Waals surface area contributed by atoms with Crippen molar-refractivity contribution >= 4 is 8.25 Å². The van der Waals surface area contributed by atoms with E-state index in [2.05, 4.69) is 0 Å². The molecule has 0 spiro atoms. The van der Waals surface area contributed by atoms with Crippen molar-refractivity contribution in [3.05, 3.63) is 71.3 Å². The fourth-order valence-electron chi connectivity index (χ4n) is 2.28. The van der Waals surface area contributed by atoms with Gasteiger partial charge in [-0.3, -0.25) is 0 Å². The first-order chi connectivity index (χ1) is 9.04. The molecule has 2 aromatic rings. The Morgan fingerprint density at radius 3 is 2.21 bits per heavy atom. The SMILES string of the molecule is Cc1ccccc1C(C)(O[P+](=O)O)c1ccccc1. The van der Waals surface area contributed by atoms with Crippen LogP contribution in [0.3, 0.4) is 0 Å². The molecule has 0 aliphatic heterocycles. The zero-order valence-corrected chi connectivity index (χ0v) is 11.8. The molecule has 3 nitrogen and oxygen atoms in total. The molecule has 0 saturated carbocycles. The van der Waals surface area contributed by atoms with Gasteiger partial charge in [0.15, 0.2) is 5.60 Å². The van der Waals surface area contributed by atoms with Crippen LogP contribution < -0.4 is 0 Å². The van der Waals surface area contributed by atoms with Crippen molar-refractivity contribution in [2.24, 2.45) is 0 Å². The summed E-state index contributed by atoms with van der Waals surface area (Å²) in [7, 11) is -2.70. The van der Waals surface area contributed by atoms with Crippen molar-refractivity contribution < 1.29 is 14.0 Å². The molecular weight excluding hydrogens is 259 g/mol. The van der Waals surface area contributed by atoms with E-state index in [1.807, 2.05) is 68.4 Å². The second kappa shape index (κ2) is 5.62. The molecule has 0 aliphatic rings. The number of hydrogen-bond donors (Lipinski definition) is 1. The van der Waals surface area contributed by atoms with Gasteiger partial charge in [-0.05, 0) is 30.5 Å². The molecule has 0 aromatic heterocycles. The summed E-state index contributed by atoms with van der Waals surface area (Å²) in [6.45, 7) is 3.78. The lowest BCUT2D eigenvalue weighted by molar-refractivity contribution is 0.124. The predicted molar refractivity (Wildman–Crippen MR) is 75.0 cm³/mol. The van der Waals surface area contributed by atoms with Crippen molar-refractivity contribution in [2.45, 2.75) is 19.4 Å². The van der Waals surface area contributed by atoms with Gasteiger partial charge in [0, 0.05) is 4.57 Å². The monoisotopic (exact) mass is 275 g/mol. The zero-order chi connectivity index (χ0) is 13.9. The molecule has 2 unspecified atom stereocenters. The lowest BCUT2D eigenvalue weighted by Gasteiger charge is -2.25. The van der Waals surface area contributed by atoms with Gasteiger partial charge in [-0.25, -0.2) is 0 Å². The molecule has 1 N–H and O–H groups in total. The highest BCUT2D eigenvalue weighted by Crippen LogP contribution is 2.41. The van der Waals surface area contributed by atoms with Crippen LogP contribution in [0.4, 0.5) is 0 Å². The van der Waals surface area contributed by atoms with Crippen LogP contribution in [0.1, 0.15) is 23.6 Å². The summed E-state index contributed by atoms with van der Waals surface area (Å²) in [6.07, 6.45) is 0. The number of hydrogen-bond acceptors (Lipinski definition) is 2. The standard InChI is InChI=1S/C15H15O3P/c1-12-8-6-7-11-14(12)15(2,18-19(16)17)13-9-4-3-5-10-13/h3-11H,1-2H3/p+1. The van der Waals surface area contributed by atoms with Gasteiger partial charge in [-0.1, -0.05) is 54.6 Å². The van der Waals surface area contributed by atoms with Crippen LogP contribution in [-0.2, 0) is 14.7 Å². The highest BCUT2D eigenvalue weighted by molar-refractivity contribution is 7.32. The van der Waals surface area contributed by atoms with Gasteiger partial charge in [0.05, 0.1) is 0 Å². The summed E-state index contributed by atoms with van der Waals surface area (Å²) in [5.74, 6) is 0. The summed E-state index contributed by atoms with van der Waals surface area (Å²) < 4.78 is 16.6. The molecule has 0 amide bonds. The molecule has 4 heteroatoms. The Morgan fingerprint density at radius 1 is 1.05 bits per heavy atom. The van der Waals surface area contributed by atoms with Crippen LogP contribution in [0, 0.1) is 6.92 Å². The van der Waals surface area contributed by atoms with E-state index < -0.39 is 13.9 Å². The van der Waals surface area contributed by atoms with Crippen LogP contribution in [0.15, 0.2) is 54.6 Å². The summed E-state index contributed by atoms with van der Waals surface area (Å²) in [6, 6.07) is 17.2. The van der Waals surface area contributed by atoms with Gasteiger partial charge in [-0.2, -0.15) is 0 Å². The van der Waals surface area contributed by atoms with Gasteiger partial charge < -0.3 is 0 Å². The molecule has 0 radical (unpaired) electrons. The highest BCUT2D eigenvalue weighted by atomic mass is 31.1. The molecule has 0 bridgehead atoms. The topological polar surface area (TPSA) is 46.5 Å². The van der Waals surface area contributed by atoms with E-state index in [1.54, 1.807) is 0 Å². The zero-order valence-electron chi connectivity index (χ0n) is 10.9. The summed E-state index contributed by atoms with van der Waals surface area (Å²) in [4.78, 5) is 9.19. The summed E-state index contributed by atoms with van der Waals surface area (Å²) in [5, 5.41) is 0. The molecular formula is C15H16O3P+. The largest absolute Gasteiger partial charge is 0.695 e. The van der Waals surface area contributed by atoms with Crippen LogP contribution in [0.2, 0.25) is 0 Å². The van der Waals surface area contributed by atoms with Crippen molar-refractivity contribution in [3.8, 4) is 0 Å². The maximum absolute atomic E-state index is 11.2. The lowest BCUT2D eigenvalue weighted by atomic mass is 9.86. The van der Waals surface area contributed by atoms with Crippen LogP contribution >= 0.6 is 8.25 Å². The fourth-order valence-corrected chi connectivity index (χ4v) is 2.79. The first-order valence-corrected chi connectivity index (χ1v) is 7.14. The lowest BCUT2D eigenvalue weighted by Crippen LogP contribution is -2.26. The van der Waals surface area contributed by atoms with Gasteiger partial charge in [-0.15, -0.1) is 9.42 Å². The minimum atomic E-state index is -2.70. The normalized spacial score (nSPS) is 14.8. The molecule has 0 saturated heterocycles. The molecule has 2 aromatic carbocycles. The predicted octanol–water partition coefficient (Wildman–Crippen LogP) is 3.92. The molecule has 2 rings (SSSR count). The fraction of sp³-hybridized carbons (Fsp3) is 0.200. The van der Waals surface area contributed by atoms with Gasteiger partial charge in [0.1, 0.15) is 0 Å². The van der Waals surface area contributed by atoms with Crippen molar-refractivity contribution in [1.29, 1.82) is 0 Å². The number of rotatable bonds is 4. The first kappa shape index (κ1) is 13.9. The Bertz CT molecular complexity index is 583. The van der Waals surface area contributed by atoms with Gasteiger partial charge in [0.25, 0.3) is 0 Å². The van der Waals surface area contributed by atoms with E-state index >= 15 is 0 Å². The van der Waals surface area contributed by atoms with Crippen molar-refractivity contribution in [3.63, 3.8) is 0 Å². The smallest absolute Gasteiger partial charge is 0.133 e. The van der Waals surface area contributed by atoms with Crippen molar-refractivity contribution in [2.75, 3.05) is 0 Å². The molecule has 0 aliphatic carbocycles. The number of benzene rings is 2. The Kier molecular flexibility index (Phi) is 4.11. The molecule has 0 fully saturated rings. The number of aryl methyl sites for hydroxylation is 1. The highest BCUT2D eigenvalue weighted by Gasteiger charge is 2.40. The van der Waals surface area contributed by atoms with Crippen LogP contribution in [0.25, 0.3) is 0 Å².